The van der Waals surface area contributed by atoms with Crippen LogP contribution in [-0.4, -0.2) is 9.91 Å². The number of nitrogens with zero attached hydrogens (tertiary/aromatic N) is 2. The van der Waals surface area contributed by atoms with Crippen LogP contribution in [0.4, 0.5) is 24.5 Å². The van der Waals surface area contributed by atoms with Crippen molar-refractivity contribution >= 4 is 11.4 Å². The van der Waals surface area contributed by atoms with Crippen LogP contribution in [0, 0.1) is 10.1 Å². The van der Waals surface area contributed by atoms with Gasteiger partial charge >= 0.3 is 11.9 Å². The Morgan fingerprint density at radius 1 is 1.45 bits per heavy atom. The lowest BCUT2D eigenvalue weighted by Gasteiger charge is -2.09. The minimum atomic E-state index is -4.67. The number of aromatic nitrogens is 1. The van der Waals surface area contributed by atoms with Gasteiger partial charge in [-0.15, -0.1) is 0 Å². The van der Waals surface area contributed by atoms with E-state index in [1.807, 2.05) is 0 Å². The summed E-state index contributed by atoms with van der Waals surface area (Å²) in [4.78, 5) is 13.0. The van der Waals surface area contributed by atoms with Crippen molar-refractivity contribution in [2.75, 3.05) is 5.32 Å². The van der Waals surface area contributed by atoms with Crippen molar-refractivity contribution in [3.8, 4) is 0 Å². The van der Waals surface area contributed by atoms with Gasteiger partial charge in [0.1, 0.15) is 23.3 Å². The molecule has 0 aliphatic carbocycles. The van der Waals surface area contributed by atoms with E-state index >= 15 is 0 Å². The molecule has 0 spiro atoms. The number of rotatable bonds is 4. The maximum Gasteiger partial charge on any atom is 0.433 e. The van der Waals surface area contributed by atoms with E-state index < -0.39 is 22.5 Å². The SMILES string of the molecule is O=[N+]([O-])c1cnc(C(F)(F)F)cc1NCc1ccco1. The van der Waals surface area contributed by atoms with Gasteiger partial charge in [0.05, 0.1) is 17.7 Å². The molecule has 0 atom stereocenters. The topological polar surface area (TPSA) is 81.2 Å². The van der Waals surface area contributed by atoms with Gasteiger partial charge in [0.25, 0.3) is 0 Å². The van der Waals surface area contributed by atoms with Crippen LogP contribution in [0.5, 0.6) is 0 Å². The van der Waals surface area contributed by atoms with Crippen LogP contribution in [0.15, 0.2) is 35.1 Å². The van der Waals surface area contributed by atoms with Crippen molar-refractivity contribution in [3.05, 3.63) is 52.2 Å². The van der Waals surface area contributed by atoms with Gasteiger partial charge in [0, 0.05) is 0 Å². The third-order valence-corrected chi connectivity index (χ3v) is 2.40. The molecule has 2 heterocycles. The Hall–Kier alpha value is -2.58. The molecule has 0 unspecified atom stereocenters. The average Bonchev–Trinajstić information content (AvgIpc) is 2.87. The highest BCUT2D eigenvalue weighted by Gasteiger charge is 2.34. The third kappa shape index (κ3) is 3.05. The van der Waals surface area contributed by atoms with Gasteiger partial charge in [-0.3, -0.25) is 10.1 Å². The van der Waals surface area contributed by atoms with Crippen molar-refractivity contribution in [1.82, 2.24) is 4.98 Å². The molecule has 0 amide bonds. The minimum Gasteiger partial charge on any atom is -0.467 e. The number of furan rings is 1. The number of nitrogens with one attached hydrogen (secondary N) is 1. The Morgan fingerprint density at radius 3 is 2.75 bits per heavy atom. The Balaban J connectivity index is 2.29. The Kier molecular flexibility index (Phi) is 3.59. The van der Waals surface area contributed by atoms with Gasteiger partial charge in [-0.1, -0.05) is 0 Å². The molecule has 0 bridgehead atoms. The lowest BCUT2D eigenvalue weighted by molar-refractivity contribution is -0.384. The molecule has 20 heavy (non-hydrogen) atoms. The zero-order valence-electron chi connectivity index (χ0n) is 9.85. The highest BCUT2D eigenvalue weighted by molar-refractivity contribution is 5.61. The fourth-order valence-corrected chi connectivity index (χ4v) is 1.49. The molecule has 2 rings (SSSR count). The maximum atomic E-state index is 12.5. The van der Waals surface area contributed by atoms with Crippen molar-refractivity contribution in [3.63, 3.8) is 0 Å². The molecule has 0 saturated carbocycles. The molecule has 1 N–H and O–H groups in total. The van der Waals surface area contributed by atoms with Gasteiger partial charge in [-0.25, -0.2) is 4.98 Å². The second-order valence-corrected chi connectivity index (χ2v) is 3.77. The van der Waals surface area contributed by atoms with E-state index in [4.69, 9.17) is 4.42 Å². The third-order valence-electron chi connectivity index (χ3n) is 2.40. The standard InChI is InChI=1S/C11H8F3N3O3/c12-11(13,14)10-4-8(9(6-16-10)17(18)19)15-5-7-2-1-3-20-7/h1-4,6H,5H2,(H,15,16). The summed E-state index contributed by atoms with van der Waals surface area (Å²) in [5.41, 5.74) is -2.01. The highest BCUT2D eigenvalue weighted by Crippen LogP contribution is 2.33. The Bertz CT molecular complexity index is 611. The van der Waals surface area contributed by atoms with Crippen LogP contribution in [0.3, 0.4) is 0 Å². The summed E-state index contributed by atoms with van der Waals surface area (Å²) in [5.74, 6) is 0.435. The predicted octanol–water partition coefficient (Wildman–Crippen LogP) is 3.21. The molecule has 9 heteroatoms. The number of hydrogen-bond donors (Lipinski definition) is 1. The summed E-state index contributed by atoms with van der Waals surface area (Å²) in [6.45, 7) is 0.0230. The quantitative estimate of drug-likeness (QED) is 0.689. The number of anilines is 1. The predicted molar refractivity (Wildman–Crippen MR) is 61.9 cm³/mol. The van der Waals surface area contributed by atoms with Crippen LogP contribution in [0.2, 0.25) is 0 Å². The van der Waals surface area contributed by atoms with Gasteiger partial charge in [-0.2, -0.15) is 13.2 Å². The molecule has 0 aliphatic rings. The summed E-state index contributed by atoms with van der Waals surface area (Å²) < 4.78 is 42.6. The number of hydrogen-bond acceptors (Lipinski definition) is 5. The molecular weight excluding hydrogens is 279 g/mol. The molecule has 2 aromatic rings. The second-order valence-electron chi connectivity index (χ2n) is 3.77. The normalized spacial score (nSPS) is 11.3. The van der Waals surface area contributed by atoms with E-state index in [2.05, 4.69) is 10.3 Å². The fourth-order valence-electron chi connectivity index (χ4n) is 1.49. The van der Waals surface area contributed by atoms with Crippen molar-refractivity contribution in [2.45, 2.75) is 12.7 Å². The van der Waals surface area contributed by atoms with Crippen LogP contribution < -0.4 is 5.32 Å². The number of pyridine rings is 1. The average molecular weight is 287 g/mol. The second kappa shape index (κ2) is 5.19. The van der Waals surface area contributed by atoms with Gasteiger partial charge < -0.3 is 9.73 Å². The minimum absolute atomic E-state index is 0.0230. The Labute approximate surface area is 110 Å². The van der Waals surface area contributed by atoms with E-state index in [1.165, 1.54) is 6.26 Å². The summed E-state index contributed by atoms with van der Waals surface area (Å²) in [6.07, 6.45) is -2.71. The summed E-state index contributed by atoms with van der Waals surface area (Å²) in [7, 11) is 0. The van der Waals surface area contributed by atoms with E-state index in [0.717, 1.165) is 0 Å². The van der Waals surface area contributed by atoms with Crippen molar-refractivity contribution in [2.24, 2.45) is 0 Å². The Morgan fingerprint density at radius 2 is 2.20 bits per heavy atom. The first-order valence-electron chi connectivity index (χ1n) is 5.36. The van der Waals surface area contributed by atoms with Crippen LogP contribution in [0.1, 0.15) is 11.5 Å². The molecule has 2 aromatic heterocycles. The molecular formula is C11H8F3N3O3. The van der Waals surface area contributed by atoms with Gasteiger partial charge in [0.2, 0.25) is 0 Å². The number of nitro groups is 1. The van der Waals surface area contributed by atoms with Crippen LogP contribution in [0.25, 0.3) is 0 Å². The largest absolute Gasteiger partial charge is 0.467 e. The highest BCUT2D eigenvalue weighted by atomic mass is 19.4. The van der Waals surface area contributed by atoms with Crippen molar-refractivity contribution in [1.29, 1.82) is 0 Å². The van der Waals surface area contributed by atoms with Gasteiger partial charge in [0.15, 0.2) is 0 Å². The lowest BCUT2D eigenvalue weighted by atomic mass is 10.2. The first-order chi connectivity index (χ1) is 9.38. The van der Waals surface area contributed by atoms with E-state index in [9.17, 15) is 23.3 Å². The zero-order chi connectivity index (χ0) is 14.8. The first-order valence-corrected chi connectivity index (χ1v) is 5.36. The summed E-state index contributed by atoms with van der Waals surface area (Å²) >= 11 is 0. The summed E-state index contributed by atoms with van der Waals surface area (Å²) in [6, 6.07) is 3.78. The summed E-state index contributed by atoms with van der Waals surface area (Å²) in [5, 5.41) is 13.3. The van der Waals surface area contributed by atoms with E-state index in [0.29, 0.717) is 18.0 Å². The number of halogens is 3. The molecule has 0 fully saturated rings. The molecule has 106 valence electrons. The smallest absolute Gasteiger partial charge is 0.433 e. The maximum absolute atomic E-state index is 12.5. The monoisotopic (exact) mass is 287 g/mol. The fraction of sp³-hybridized carbons (Fsp3) is 0.182. The van der Waals surface area contributed by atoms with E-state index in [1.54, 1.807) is 12.1 Å². The molecule has 0 aliphatic heterocycles. The molecule has 0 saturated heterocycles. The first kappa shape index (κ1) is 13.8. The van der Waals surface area contributed by atoms with Gasteiger partial charge in [-0.05, 0) is 18.2 Å². The molecule has 0 aromatic carbocycles. The zero-order valence-corrected chi connectivity index (χ0v) is 9.85. The van der Waals surface area contributed by atoms with E-state index in [-0.39, 0.29) is 12.2 Å². The number of alkyl halides is 3. The van der Waals surface area contributed by atoms with Crippen LogP contribution in [-0.2, 0) is 12.7 Å². The molecule has 6 nitrogen and oxygen atoms in total. The van der Waals surface area contributed by atoms with Crippen LogP contribution >= 0.6 is 0 Å². The molecule has 0 radical (unpaired) electrons. The lowest BCUT2D eigenvalue weighted by Crippen LogP contribution is -2.10. The van der Waals surface area contributed by atoms with Crippen molar-refractivity contribution < 1.29 is 22.5 Å².